The summed E-state index contributed by atoms with van der Waals surface area (Å²) >= 11 is 0. The van der Waals surface area contributed by atoms with Crippen molar-refractivity contribution in [2.45, 2.75) is 39.2 Å². The van der Waals surface area contributed by atoms with E-state index < -0.39 is 0 Å². The highest BCUT2D eigenvalue weighted by Crippen LogP contribution is 2.09. The molecule has 0 unspecified atom stereocenters. The van der Waals surface area contributed by atoms with Crippen LogP contribution in [0.2, 0.25) is 0 Å². The van der Waals surface area contributed by atoms with Gasteiger partial charge in [-0.1, -0.05) is 13.8 Å². The van der Waals surface area contributed by atoms with Crippen molar-refractivity contribution in [3.8, 4) is 6.07 Å². The molecule has 1 aliphatic rings. The molecule has 0 aromatic rings. The van der Waals surface area contributed by atoms with Crippen molar-refractivity contribution in [1.29, 1.82) is 5.26 Å². The Balaban J connectivity index is 0.000000671. The predicted molar refractivity (Wildman–Crippen MR) is 53.3 cm³/mol. The number of rotatable bonds is 2. The summed E-state index contributed by atoms with van der Waals surface area (Å²) < 4.78 is 0. The maximum absolute atomic E-state index is 9.16. The van der Waals surface area contributed by atoms with E-state index in [4.69, 9.17) is 10.4 Å². The van der Waals surface area contributed by atoms with Crippen LogP contribution in [0.5, 0.6) is 0 Å². The van der Waals surface area contributed by atoms with E-state index in [-0.39, 0.29) is 6.10 Å². The van der Waals surface area contributed by atoms with Gasteiger partial charge in [0.05, 0.1) is 12.2 Å². The third-order valence-corrected chi connectivity index (χ3v) is 2.10. The zero-order valence-electron chi connectivity index (χ0n) is 8.66. The number of likely N-dealkylation sites (tertiary alicyclic amines) is 1. The Bertz CT molecular complexity index is 145. The molecule has 13 heavy (non-hydrogen) atoms. The van der Waals surface area contributed by atoms with E-state index in [2.05, 4.69) is 11.0 Å². The highest BCUT2D eigenvalue weighted by molar-refractivity contribution is 4.76. The summed E-state index contributed by atoms with van der Waals surface area (Å²) in [6.07, 6.45) is 2.24. The highest BCUT2D eigenvalue weighted by Gasteiger charge is 2.15. The molecule has 0 bridgehead atoms. The summed E-state index contributed by atoms with van der Waals surface area (Å²) in [5.41, 5.74) is 0. The third kappa shape index (κ3) is 5.62. The van der Waals surface area contributed by atoms with E-state index in [1.165, 1.54) is 0 Å². The van der Waals surface area contributed by atoms with Crippen LogP contribution in [-0.2, 0) is 0 Å². The normalized spacial score (nSPS) is 18.6. The molecule has 1 heterocycles. The molecular formula is C10H20N2O. The van der Waals surface area contributed by atoms with Gasteiger partial charge >= 0.3 is 0 Å². The van der Waals surface area contributed by atoms with Crippen molar-refractivity contribution in [2.24, 2.45) is 0 Å². The third-order valence-electron chi connectivity index (χ3n) is 2.10. The minimum atomic E-state index is -0.103. The quantitative estimate of drug-likeness (QED) is 0.705. The molecule has 0 aromatic carbocycles. The number of hydrogen-bond donors (Lipinski definition) is 1. The van der Waals surface area contributed by atoms with Crippen molar-refractivity contribution in [1.82, 2.24) is 4.90 Å². The summed E-state index contributed by atoms with van der Waals surface area (Å²) in [4.78, 5) is 2.23. The molecule has 0 saturated carbocycles. The maximum atomic E-state index is 9.16. The fraction of sp³-hybridized carbons (Fsp3) is 0.900. The second-order valence-electron chi connectivity index (χ2n) is 2.98. The summed E-state index contributed by atoms with van der Waals surface area (Å²) in [6, 6.07) is 2.12. The van der Waals surface area contributed by atoms with Gasteiger partial charge in [-0.3, -0.25) is 0 Å². The standard InChI is InChI=1S/C8H14N2O.C2H6/c9-4-1-5-10-6-2-8(11)3-7-10;1-2/h8,11H,1-3,5-7H2;1-2H3. The van der Waals surface area contributed by atoms with Crippen molar-refractivity contribution in [3.63, 3.8) is 0 Å². The first-order valence-electron chi connectivity index (χ1n) is 5.10. The number of nitriles is 1. The molecule has 1 fully saturated rings. The highest BCUT2D eigenvalue weighted by atomic mass is 16.3. The van der Waals surface area contributed by atoms with Gasteiger partial charge in [0.1, 0.15) is 0 Å². The summed E-state index contributed by atoms with van der Waals surface area (Å²) in [5, 5.41) is 17.5. The molecule has 0 aliphatic carbocycles. The molecule has 3 nitrogen and oxygen atoms in total. The Labute approximate surface area is 81.0 Å². The van der Waals surface area contributed by atoms with Crippen LogP contribution in [0.1, 0.15) is 33.1 Å². The van der Waals surface area contributed by atoms with E-state index in [9.17, 15) is 0 Å². The molecule has 0 aromatic heterocycles. The number of hydrogen-bond acceptors (Lipinski definition) is 3. The molecule has 0 radical (unpaired) electrons. The first kappa shape index (κ1) is 12.4. The van der Waals surface area contributed by atoms with Crippen LogP contribution in [0.4, 0.5) is 0 Å². The number of aliphatic hydroxyl groups is 1. The van der Waals surface area contributed by atoms with Gasteiger partial charge in [0.2, 0.25) is 0 Å². The van der Waals surface area contributed by atoms with Crippen LogP contribution in [0.3, 0.4) is 0 Å². The second kappa shape index (κ2) is 8.03. The van der Waals surface area contributed by atoms with Crippen molar-refractivity contribution in [2.75, 3.05) is 19.6 Å². The molecule has 1 saturated heterocycles. The molecule has 0 spiro atoms. The lowest BCUT2D eigenvalue weighted by Crippen LogP contribution is -2.36. The van der Waals surface area contributed by atoms with Crippen LogP contribution in [-0.4, -0.2) is 35.7 Å². The largest absolute Gasteiger partial charge is 0.393 e. The minimum absolute atomic E-state index is 0.103. The van der Waals surface area contributed by atoms with Crippen LogP contribution in [0, 0.1) is 11.3 Å². The Hall–Kier alpha value is -0.590. The molecule has 0 atom stereocenters. The molecule has 3 heteroatoms. The monoisotopic (exact) mass is 184 g/mol. The van der Waals surface area contributed by atoms with Crippen molar-refractivity contribution >= 4 is 0 Å². The number of piperidine rings is 1. The molecule has 1 aliphatic heterocycles. The summed E-state index contributed by atoms with van der Waals surface area (Å²) in [6.45, 7) is 6.76. The van der Waals surface area contributed by atoms with Gasteiger partial charge < -0.3 is 10.0 Å². The maximum Gasteiger partial charge on any atom is 0.0635 e. The lowest BCUT2D eigenvalue weighted by Gasteiger charge is -2.28. The van der Waals surface area contributed by atoms with Gasteiger partial charge in [-0.05, 0) is 12.8 Å². The lowest BCUT2D eigenvalue weighted by atomic mass is 10.1. The topological polar surface area (TPSA) is 47.3 Å². The Morgan fingerprint density at radius 2 is 1.92 bits per heavy atom. The molecule has 1 rings (SSSR count). The van der Waals surface area contributed by atoms with Gasteiger partial charge in [-0.2, -0.15) is 5.26 Å². The van der Waals surface area contributed by atoms with Crippen LogP contribution < -0.4 is 0 Å². The average molecular weight is 184 g/mol. The molecular weight excluding hydrogens is 164 g/mol. The van der Waals surface area contributed by atoms with E-state index >= 15 is 0 Å². The van der Waals surface area contributed by atoms with Crippen LogP contribution in [0.25, 0.3) is 0 Å². The van der Waals surface area contributed by atoms with Gasteiger partial charge in [0.15, 0.2) is 0 Å². The first-order valence-corrected chi connectivity index (χ1v) is 5.10. The van der Waals surface area contributed by atoms with Crippen LogP contribution >= 0.6 is 0 Å². The van der Waals surface area contributed by atoms with Gasteiger partial charge in [0.25, 0.3) is 0 Å². The Morgan fingerprint density at radius 3 is 2.38 bits per heavy atom. The molecule has 0 amide bonds. The summed E-state index contributed by atoms with van der Waals surface area (Å²) in [5.74, 6) is 0. The fourth-order valence-electron chi connectivity index (χ4n) is 1.35. The van der Waals surface area contributed by atoms with Gasteiger partial charge in [-0.15, -0.1) is 0 Å². The summed E-state index contributed by atoms with van der Waals surface area (Å²) in [7, 11) is 0. The minimum Gasteiger partial charge on any atom is -0.393 e. The zero-order chi connectivity index (χ0) is 10.1. The number of nitrogens with zero attached hydrogens (tertiary/aromatic N) is 2. The van der Waals surface area contributed by atoms with Crippen molar-refractivity contribution in [3.05, 3.63) is 0 Å². The average Bonchev–Trinajstić information content (AvgIpc) is 2.20. The number of aliphatic hydroxyl groups excluding tert-OH is 1. The van der Waals surface area contributed by atoms with E-state index in [1.54, 1.807) is 0 Å². The van der Waals surface area contributed by atoms with Gasteiger partial charge in [0, 0.05) is 26.1 Å². The predicted octanol–water partition coefficient (Wildman–Crippen LogP) is 1.38. The van der Waals surface area contributed by atoms with Gasteiger partial charge in [-0.25, -0.2) is 0 Å². The zero-order valence-corrected chi connectivity index (χ0v) is 8.66. The van der Waals surface area contributed by atoms with E-state index in [1.807, 2.05) is 13.8 Å². The van der Waals surface area contributed by atoms with Crippen molar-refractivity contribution < 1.29 is 5.11 Å². The SMILES string of the molecule is CC.N#CCCN1CCC(O)CC1. The first-order chi connectivity index (χ1) is 6.33. The molecule has 76 valence electrons. The second-order valence-corrected chi connectivity index (χ2v) is 2.98. The Morgan fingerprint density at radius 1 is 1.38 bits per heavy atom. The molecule has 1 N–H and O–H groups in total. The smallest absolute Gasteiger partial charge is 0.0635 e. The fourth-order valence-corrected chi connectivity index (χ4v) is 1.35. The van der Waals surface area contributed by atoms with Crippen LogP contribution in [0.15, 0.2) is 0 Å². The van der Waals surface area contributed by atoms with E-state index in [0.717, 1.165) is 32.5 Å². The van der Waals surface area contributed by atoms with E-state index in [0.29, 0.717) is 6.42 Å². The Kier molecular flexibility index (Phi) is 7.66. The lowest BCUT2D eigenvalue weighted by molar-refractivity contribution is 0.0837.